The standard InChI is InChI=1S/C27H31NO/c1-3-28(4-2)20-11-21-29-26-18-16-25(17-19-26)27(24-14-9-6-10-15-24)22-23-12-7-5-8-13-23/h5-10,12-19,22H,3-4,11,20-21H2,1-2H3/b27-22-. The Morgan fingerprint density at radius 2 is 1.34 bits per heavy atom. The zero-order valence-electron chi connectivity index (χ0n) is 17.6. The highest BCUT2D eigenvalue weighted by molar-refractivity contribution is 5.91. The third-order valence-electron chi connectivity index (χ3n) is 5.14. The van der Waals surface area contributed by atoms with Crippen molar-refractivity contribution in [3.63, 3.8) is 0 Å². The second-order valence-electron chi connectivity index (χ2n) is 7.09. The first-order valence-corrected chi connectivity index (χ1v) is 10.6. The molecule has 3 aromatic rings. The quantitative estimate of drug-likeness (QED) is 0.296. The molecule has 0 aliphatic heterocycles. The van der Waals surface area contributed by atoms with Crippen LogP contribution in [0.3, 0.4) is 0 Å². The highest BCUT2D eigenvalue weighted by Crippen LogP contribution is 2.27. The molecule has 2 heteroatoms. The van der Waals surface area contributed by atoms with Crippen LogP contribution in [0.15, 0.2) is 84.9 Å². The van der Waals surface area contributed by atoms with E-state index in [1.54, 1.807) is 0 Å². The van der Waals surface area contributed by atoms with E-state index in [2.05, 4.69) is 104 Å². The molecule has 0 spiro atoms. The average molecular weight is 386 g/mol. The van der Waals surface area contributed by atoms with Gasteiger partial charge in [0.05, 0.1) is 6.61 Å². The van der Waals surface area contributed by atoms with Crippen LogP contribution in [0.25, 0.3) is 11.6 Å². The maximum Gasteiger partial charge on any atom is 0.119 e. The van der Waals surface area contributed by atoms with E-state index in [0.717, 1.165) is 38.4 Å². The Morgan fingerprint density at radius 3 is 1.97 bits per heavy atom. The van der Waals surface area contributed by atoms with Crippen LogP contribution in [0.4, 0.5) is 0 Å². The van der Waals surface area contributed by atoms with Gasteiger partial charge in [0, 0.05) is 6.54 Å². The summed E-state index contributed by atoms with van der Waals surface area (Å²) < 4.78 is 5.96. The van der Waals surface area contributed by atoms with Gasteiger partial charge in [0.15, 0.2) is 0 Å². The second-order valence-corrected chi connectivity index (χ2v) is 7.09. The summed E-state index contributed by atoms with van der Waals surface area (Å²) in [6.45, 7) is 8.44. The lowest BCUT2D eigenvalue weighted by Gasteiger charge is -2.17. The van der Waals surface area contributed by atoms with Crippen molar-refractivity contribution < 1.29 is 4.74 Å². The predicted octanol–water partition coefficient (Wildman–Crippen LogP) is 6.39. The summed E-state index contributed by atoms with van der Waals surface area (Å²) in [6, 6.07) is 29.5. The summed E-state index contributed by atoms with van der Waals surface area (Å²) in [6.07, 6.45) is 3.29. The smallest absolute Gasteiger partial charge is 0.119 e. The topological polar surface area (TPSA) is 12.5 Å². The molecule has 0 aliphatic rings. The zero-order valence-corrected chi connectivity index (χ0v) is 17.6. The van der Waals surface area contributed by atoms with Crippen LogP contribution in [0, 0.1) is 0 Å². The van der Waals surface area contributed by atoms with Crippen LogP contribution in [-0.4, -0.2) is 31.1 Å². The van der Waals surface area contributed by atoms with E-state index >= 15 is 0 Å². The number of nitrogens with zero attached hydrogens (tertiary/aromatic N) is 1. The highest BCUT2D eigenvalue weighted by atomic mass is 16.5. The van der Waals surface area contributed by atoms with E-state index in [1.807, 2.05) is 6.07 Å². The van der Waals surface area contributed by atoms with Crippen molar-refractivity contribution >= 4 is 11.6 Å². The summed E-state index contributed by atoms with van der Waals surface area (Å²) in [5.41, 5.74) is 4.81. The van der Waals surface area contributed by atoms with Crippen LogP contribution < -0.4 is 4.74 Å². The monoisotopic (exact) mass is 385 g/mol. The normalized spacial score (nSPS) is 11.6. The summed E-state index contributed by atoms with van der Waals surface area (Å²) in [5, 5.41) is 0. The zero-order chi connectivity index (χ0) is 20.3. The van der Waals surface area contributed by atoms with Gasteiger partial charge in [-0.2, -0.15) is 0 Å². The molecule has 0 aliphatic carbocycles. The van der Waals surface area contributed by atoms with Crippen LogP contribution in [0.1, 0.15) is 37.0 Å². The van der Waals surface area contributed by atoms with Crippen molar-refractivity contribution in [2.75, 3.05) is 26.2 Å². The summed E-state index contributed by atoms with van der Waals surface area (Å²) in [4.78, 5) is 2.42. The van der Waals surface area contributed by atoms with Gasteiger partial charge in [-0.3, -0.25) is 0 Å². The van der Waals surface area contributed by atoms with Gasteiger partial charge in [-0.1, -0.05) is 86.6 Å². The van der Waals surface area contributed by atoms with Gasteiger partial charge in [0.25, 0.3) is 0 Å². The fraction of sp³-hybridized carbons (Fsp3) is 0.259. The SMILES string of the molecule is CCN(CC)CCCOc1ccc(/C(=C\c2ccccc2)c2ccccc2)cc1. The summed E-state index contributed by atoms with van der Waals surface area (Å²) in [7, 11) is 0. The highest BCUT2D eigenvalue weighted by Gasteiger charge is 2.06. The molecule has 3 aromatic carbocycles. The number of ether oxygens (including phenoxy) is 1. The lowest BCUT2D eigenvalue weighted by atomic mass is 9.95. The van der Waals surface area contributed by atoms with Crippen molar-refractivity contribution in [3.8, 4) is 5.75 Å². The van der Waals surface area contributed by atoms with Gasteiger partial charge in [-0.25, -0.2) is 0 Å². The molecule has 2 nitrogen and oxygen atoms in total. The van der Waals surface area contributed by atoms with Crippen LogP contribution in [0.2, 0.25) is 0 Å². The van der Waals surface area contributed by atoms with Crippen molar-refractivity contribution in [2.45, 2.75) is 20.3 Å². The van der Waals surface area contributed by atoms with Crippen molar-refractivity contribution in [1.29, 1.82) is 0 Å². The molecule has 29 heavy (non-hydrogen) atoms. The first-order chi connectivity index (χ1) is 14.3. The Bertz CT molecular complexity index is 865. The molecular weight excluding hydrogens is 354 g/mol. The van der Waals surface area contributed by atoms with E-state index < -0.39 is 0 Å². The largest absolute Gasteiger partial charge is 0.494 e. The fourth-order valence-corrected chi connectivity index (χ4v) is 3.42. The molecule has 0 N–H and O–H groups in total. The molecule has 0 fully saturated rings. The third kappa shape index (κ3) is 6.33. The van der Waals surface area contributed by atoms with E-state index in [0.29, 0.717) is 0 Å². The summed E-state index contributed by atoms with van der Waals surface area (Å²) >= 11 is 0. The first kappa shape index (κ1) is 20.9. The maximum atomic E-state index is 5.96. The third-order valence-corrected chi connectivity index (χ3v) is 5.14. The number of benzene rings is 3. The van der Waals surface area contributed by atoms with Gasteiger partial charge in [-0.05, 0) is 60.0 Å². The molecule has 0 heterocycles. The Labute approximate surface area is 175 Å². The molecule has 0 amide bonds. The van der Waals surface area contributed by atoms with Crippen molar-refractivity contribution in [1.82, 2.24) is 4.90 Å². The minimum atomic E-state index is 0.751. The number of hydrogen-bond acceptors (Lipinski definition) is 2. The van der Waals surface area contributed by atoms with Crippen LogP contribution in [0.5, 0.6) is 5.75 Å². The Balaban J connectivity index is 1.72. The van der Waals surface area contributed by atoms with Crippen molar-refractivity contribution in [3.05, 3.63) is 102 Å². The molecule has 0 atom stereocenters. The minimum Gasteiger partial charge on any atom is -0.494 e. The van der Waals surface area contributed by atoms with E-state index in [1.165, 1.54) is 22.3 Å². The molecule has 0 saturated carbocycles. The maximum absolute atomic E-state index is 5.96. The van der Waals surface area contributed by atoms with Gasteiger partial charge >= 0.3 is 0 Å². The Morgan fingerprint density at radius 1 is 0.759 bits per heavy atom. The van der Waals surface area contributed by atoms with Gasteiger partial charge in [0.1, 0.15) is 5.75 Å². The van der Waals surface area contributed by atoms with Crippen LogP contribution in [-0.2, 0) is 0 Å². The first-order valence-electron chi connectivity index (χ1n) is 10.6. The van der Waals surface area contributed by atoms with Gasteiger partial charge in [-0.15, -0.1) is 0 Å². The molecule has 0 unspecified atom stereocenters. The molecule has 150 valence electrons. The molecule has 3 rings (SSSR count). The lowest BCUT2D eigenvalue weighted by molar-refractivity contribution is 0.249. The number of hydrogen-bond donors (Lipinski definition) is 0. The van der Waals surface area contributed by atoms with E-state index in [4.69, 9.17) is 4.74 Å². The fourth-order valence-electron chi connectivity index (χ4n) is 3.42. The van der Waals surface area contributed by atoms with Crippen LogP contribution >= 0.6 is 0 Å². The minimum absolute atomic E-state index is 0.751. The molecule has 0 aromatic heterocycles. The Kier molecular flexibility index (Phi) is 8.09. The van der Waals surface area contributed by atoms with Crippen molar-refractivity contribution in [2.24, 2.45) is 0 Å². The van der Waals surface area contributed by atoms with Gasteiger partial charge in [0.2, 0.25) is 0 Å². The average Bonchev–Trinajstić information content (AvgIpc) is 2.79. The Hall–Kier alpha value is -2.84. The second kappa shape index (κ2) is 11.2. The van der Waals surface area contributed by atoms with E-state index in [9.17, 15) is 0 Å². The predicted molar refractivity (Wildman–Crippen MR) is 124 cm³/mol. The molecule has 0 radical (unpaired) electrons. The van der Waals surface area contributed by atoms with E-state index in [-0.39, 0.29) is 0 Å². The molecule has 0 saturated heterocycles. The molecule has 0 bridgehead atoms. The van der Waals surface area contributed by atoms with Gasteiger partial charge < -0.3 is 9.64 Å². The number of rotatable bonds is 10. The lowest BCUT2D eigenvalue weighted by Crippen LogP contribution is -2.25. The molecular formula is C27H31NO. The summed E-state index contributed by atoms with van der Waals surface area (Å²) in [5.74, 6) is 0.931.